The molecule has 1 unspecified atom stereocenters. The molecule has 22 heavy (non-hydrogen) atoms. The molecule has 2 aliphatic heterocycles. The number of sulfonamides is 1. The van der Waals surface area contributed by atoms with Crippen molar-refractivity contribution in [2.24, 2.45) is 5.92 Å². The highest BCUT2D eigenvalue weighted by Gasteiger charge is 2.47. The highest BCUT2D eigenvalue weighted by atomic mass is 32.2. The number of carbonyl (C=O) groups excluding carboxylic acids is 1. The second-order valence-corrected chi connectivity index (χ2v) is 9.18. The molecule has 0 aromatic heterocycles. The standard InChI is InChI=1S/C14H24N4O3S/c1-14(8-12(19)17(2)13(15)16-14)10-4-3-7-18(9-10)22(20,21)11-5-6-11/h10-11H,3-9H2,1-2H3,(H2,15,16)/t10?,14-/m0/s1. The molecule has 2 N–H and O–H groups in total. The van der Waals surface area contributed by atoms with Crippen LogP contribution in [0.15, 0.2) is 0 Å². The fraction of sp³-hybridized carbons (Fsp3) is 0.857. The van der Waals surface area contributed by atoms with E-state index in [-0.39, 0.29) is 23.0 Å². The lowest BCUT2D eigenvalue weighted by Crippen LogP contribution is -2.65. The van der Waals surface area contributed by atoms with Crippen LogP contribution in [0.2, 0.25) is 0 Å². The van der Waals surface area contributed by atoms with Crippen molar-refractivity contribution < 1.29 is 13.2 Å². The predicted octanol–water partition coefficient (Wildman–Crippen LogP) is 0.336. The third kappa shape index (κ3) is 2.62. The molecule has 124 valence electrons. The Morgan fingerprint density at radius 3 is 2.59 bits per heavy atom. The van der Waals surface area contributed by atoms with E-state index in [4.69, 9.17) is 5.41 Å². The van der Waals surface area contributed by atoms with Gasteiger partial charge in [-0.3, -0.25) is 15.1 Å². The fourth-order valence-corrected chi connectivity index (χ4v) is 5.40. The van der Waals surface area contributed by atoms with Gasteiger partial charge in [0.1, 0.15) is 0 Å². The maximum atomic E-state index is 12.4. The van der Waals surface area contributed by atoms with Crippen LogP contribution in [-0.2, 0) is 14.8 Å². The first kappa shape index (κ1) is 15.7. The summed E-state index contributed by atoms with van der Waals surface area (Å²) in [5.41, 5.74) is -0.543. The Hall–Kier alpha value is -1.15. The number of carbonyl (C=O) groups is 1. The maximum absolute atomic E-state index is 12.4. The Morgan fingerprint density at radius 1 is 1.32 bits per heavy atom. The van der Waals surface area contributed by atoms with Gasteiger partial charge < -0.3 is 5.32 Å². The van der Waals surface area contributed by atoms with Gasteiger partial charge in [-0.1, -0.05) is 0 Å². The molecule has 2 saturated heterocycles. The number of amides is 1. The molecule has 1 saturated carbocycles. The zero-order chi connectivity index (χ0) is 16.1. The first-order valence-electron chi connectivity index (χ1n) is 7.86. The molecule has 0 aromatic carbocycles. The van der Waals surface area contributed by atoms with Crippen molar-refractivity contribution in [2.75, 3.05) is 20.1 Å². The van der Waals surface area contributed by atoms with Crippen LogP contribution >= 0.6 is 0 Å². The van der Waals surface area contributed by atoms with Gasteiger partial charge in [0.2, 0.25) is 15.9 Å². The van der Waals surface area contributed by atoms with Gasteiger partial charge in [-0.15, -0.1) is 0 Å². The number of piperidine rings is 1. The number of hydrogen-bond acceptors (Lipinski definition) is 4. The highest BCUT2D eigenvalue weighted by molar-refractivity contribution is 7.90. The summed E-state index contributed by atoms with van der Waals surface area (Å²) in [7, 11) is -1.58. The lowest BCUT2D eigenvalue weighted by atomic mass is 9.77. The van der Waals surface area contributed by atoms with Gasteiger partial charge in [0.25, 0.3) is 0 Å². The van der Waals surface area contributed by atoms with Crippen LogP contribution in [0.1, 0.15) is 39.0 Å². The molecule has 7 nitrogen and oxygen atoms in total. The quantitative estimate of drug-likeness (QED) is 0.781. The third-order valence-corrected chi connectivity index (χ3v) is 7.59. The van der Waals surface area contributed by atoms with Crippen LogP contribution in [0.4, 0.5) is 0 Å². The average molecular weight is 328 g/mol. The number of guanidine groups is 1. The average Bonchev–Trinajstić information content (AvgIpc) is 3.30. The van der Waals surface area contributed by atoms with E-state index in [0.717, 1.165) is 25.7 Å². The molecule has 1 aliphatic carbocycles. The Bertz CT molecular complexity index is 581. The molecule has 8 heteroatoms. The molecular weight excluding hydrogens is 304 g/mol. The van der Waals surface area contributed by atoms with Crippen LogP contribution < -0.4 is 5.32 Å². The van der Waals surface area contributed by atoms with E-state index in [0.29, 0.717) is 19.5 Å². The Kier molecular flexibility index (Phi) is 3.71. The monoisotopic (exact) mass is 328 g/mol. The second kappa shape index (κ2) is 5.19. The number of rotatable bonds is 3. The first-order valence-corrected chi connectivity index (χ1v) is 9.36. The van der Waals surface area contributed by atoms with Crippen LogP contribution in [-0.4, -0.2) is 60.4 Å². The van der Waals surface area contributed by atoms with Gasteiger partial charge in [0.15, 0.2) is 5.96 Å². The topological polar surface area (TPSA) is 93.6 Å². The van der Waals surface area contributed by atoms with Crippen molar-refractivity contribution in [2.45, 2.75) is 49.8 Å². The molecule has 0 aromatic rings. The van der Waals surface area contributed by atoms with E-state index in [1.165, 1.54) is 4.90 Å². The molecule has 0 radical (unpaired) electrons. The van der Waals surface area contributed by atoms with Crippen molar-refractivity contribution in [3.63, 3.8) is 0 Å². The van der Waals surface area contributed by atoms with Crippen molar-refractivity contribution in [1.29, 1.82) is 5.41 Å². The first-order chi connectivity index (χ1) is 10.2. The summed E-state index contributed by atoms with van der Waals surface area (Å²) in [5, 5.41) is 10.8. The summed E-state index contributed by atoms with van der Waals surface area (Å²) in [5.74, 6) is 0.0575. The predicted molar refractivity (Wildman–Crippen MR) is 82.9 cm³/mol. The largest absolute Gasteiger partial charge is 0.350 e. The molecule has 3 aliphatic rings. The molecule has 1 amide bonds. The van der Waals surface area contributed by atoms with Gasteiger partial charge in [-0.2, -0.15) is 0 Å². The Balaban J connectivity index is 1.76. The number of nitrogens with zero attached hydrogens (tertiary/aromatic N) is 2. The van der Waals surface area contributed by atoms with Crippen molar-refractivity contribution in [1.82, 2.24) is 14.5 Å². The lowest BCUT2D eigenvalue weighted by molar-refractivity contribution is -0.130. The summed E-state index contributed by atoms with van der Waals surface area (Å²) in [4.78, 5) is 13.4. The normalized spacial score (nSPS) is 34.6. The van der Waals surface area contributed by atoms with Crippen molar-refractivity contribution in [3.8, 4) is 0 Å². The van der Waals surface area contributed by atoms with E-state index >= 15 is 0 Å². The molecule has 2 heterocycles. The van der Waals surface area contributed by atoms with Gasteiger partial charge in [0, 0.05) is 20.1 Å². The molecule has 3 fully saturated rings. The molecule has 2 atom stereocenters. The van der Waals surface area contributed by atoms with Gasteiger partial charge in [-0.05, 0) is 38.5 Å². The fourth-order valence-electron chi connectivity index (χ4n) is 3.47. The smallest absolute Gasteiger partial charge is 0.231 e. The number of hydrogen-bond donors (Lipinski definition) is 2. The van der Waals surface area contributed by atoms with E-state index in [9.17, 15) is 13.2 Å². The minimum Gasteiger partial charge on any atom is -0.350 e. The van der Waals surface area contributed by atoms with Gasteiger partial charge in [-0.25, -0.2) is 12.7 Å². The van der Waals surface area contributed by atoms with Crippen LogP contribution in [0.5, 0.6) is 0 Å². The molecular formula is C14H24N4O3S. The summed E-state index contributed by atoms with van der Waals surface area (Å²) in [6, 6.07) is 0. The summed E-state index contributed by atoms with van der Waals surface area (Å²) >= 11 is 0. The summed E-state index contributed by atoms with van der Waals surface area (Å²) in [6.07, 6.45) is 3.53. The second-order valence-electron chi connectivity index (χ2n) is 6.96. The number of nitrogens with one attached hydrogen (secondary N) is 2. The van der Waals surface area contributed by atoms with Crippen molar-refractivity contribution in [3.05, 3.63) is 0 Å². The minimum absolute atomic E-state index is 0.0489. The third-order valence-electron chi connectivity index (χ3n) is 5.22. The lowest BCUT2D eigenvalue weighted by Gasteiger charge is -2.47. The zero-order valence-electron chi connectivity index (χ0n) is 13.1. The van der Waals surface area contributed by atoms with Gasteiger partial charge >= 0.3 is 0 Å². The highest BCUT2D eigenvalue weighted by Crippen LogP contribution is 2.37. The molecule has 0 bridgehead atoms. The Labute approximate surface area is 131 Å². The van der Waals surface area contributed by atoms with Gasteiger partial charge in [0.05, 0.1) is 17.2 Å². The van der Waals surface area contributed by atoms with E-state index < -0.39 is 15.6 Å². The Morgan fingerprint density at radius 2 is 2.00 bits per heavy atom. The van der Waals surface area contributed by atoms with Crippen LogP contribution in [0, 0.1) is 11.3 Å². The molecule has 0 spiro atoms. The minimum atomic E-state index is -3.17. The summed E-state index contributed by atoms with van der Waals surface area (Å²) < 4.78 is 26.5. The summed E-state index contributed by atoms with van der Waals surface area (Å²) in [6.45, 7) is 2.97. The van der Waals surface area contributed by atoms with Crippen LogP contribution in [0.25, 0.3) is 0 Å². The van der Waals surface area contributed by atoms with E-state index in [1.54, 1.807) is 11.4 Å². The van der Waals surface area contributed by atoms with Crippen molar-refractivity contribution >= 4 is 21.9 Å². The zero-order valence-corrected chi connectivity index (χ0v) is 13.9. The molecule has 3 rings (SSSR count). The SMILES string of the molecule is CN1C(=N)N[C@](C)(C2CCCN(S(=O)(=O)C3CC3)C2)CC1=O. The van der Waals surface area contributed by atoms with Crippen LogP contribution in [0.3, 0.4) is 0 Å². The maximum Gasteiger partial charge on any atom is 0.231 e. The van der Waals surface area contributed by atoms with E-state index in [2.05, 4.69) is 5.32 Å². The van der Waals surface area contributed by atoms with E-state index in [1.807, 2.05) is 6.92 Å².